The second kappa shape index (κ2) is 8.16. The number of amides is 1. The summed E-state index contributed by atoms with van der Waals surface area (Å²) in [6.07, 6.45) is 2.49. The van der Waals surface area contributed by atoms with Gasteiger partial charge in [0.15, 0.2) is 12.3 Å². The normalized spacial score (nSPS) is 12.3. The molecule has 1 aliphatic rings. The van der Waals surface area contributed by atoms with Gasteiger partial charge in [-0.1, -0.05) is 18.2 Å². The van der Waals surface area contributed by atoms with Crippen molar-refractivity contribution in [2.45, 2.75) is 19.3 Å². The van der Waals surface area contributed by atoms with Crippen LogP contribution >= 0.6 is 0 Å². The molecule has 0 unspecified atom stereocenters. The van der Waals surface area contributed by atoms with E-state index in [2.05, 4.69) is 10.4 Å². The zero-order valence-electron chi connectivity index (χ0n) is 15.9. The molecule has 1 amide bonds. The van der Waals surface area contributed by atoms with Crippen LogP contribution in [0.25, 0.3) is 5.69 Å². The Hall–Kier alpha value is -4.01. The standard InChI is InChI=1S/C21H18N4O5/c26-19(22-14-9-11-16(12-10-14)25(28)29)13-30-21(27)20-17-7-4-8-18(17)24(23-20)15-5-2-1-3-6-15/h1-3,5-6,9-12H,4,7-8,13H2,(H,22,26). The number of ether oxygens (including phenoxy) is 1. The van der Waals surface area contributed by atoms with E-state index < -0.39 is 23.4 Å². The minimum Gasteiger partial charge on any atom is -0.451 e. The molecule has 2 aromatic carbocycles. The molecule has 3 aromatic rings. The van der Waals surface area contributed by atoms with E-state index in [4.69, 9.17) is 4.74 Å². The third-order valence-corrected chi connectivity index (χ3v) is 4.82. The predicted octanol–water partition coefficient (Wildman–Crippen LogP) is 3.06. The van der Waals surface area contributed by atoms with Gasteiger partial charge in [-0.25, -0.2) is 9.48 Å². The summed E-state index contributed by atoms with van der Waals surface area (Å²) >= 11 is 0. The fraction of sp³-hybridized carbons (Fsp3) is 0.190. The molecule has 9 heteroatoms. The monoisotopic (exact) mass is 406 g/mol. The minimum atomic E-state index is -0.651. The number of hydrogen-bond acceptors (Lipinski definition) is 6. The summed E-state index contributed by atoms with van der Waals surface area (Å²) in [4.78, 5) is 34.8. The van der Waals surface area contributed by atoms with E-state index in [1.807, 2.05) is 30.3 Å². The fourth-order valence-electron chi connectivity index (χ4n) is 3.45. The number of carbonyl (C=O) groups excluding carboxylic acids is 2. The number of anilines is 1. The number of non-ortho nitro benzene ring substituents is 1. The maximum atomic E-state index is 12.6. The number of hydrogen-bond donors (Lipinski definition) is 1. The maximum absolute atomic E-state index is 12.6. The smallest absolute Gasteiger partial charge is 0.359 e. The number of nitrogens with one attached hydrogen (secondary N) is 1. The van der Waals surface area contributed by atoms with Crippen molar-refractivity contribution in [3.8, 4) is 5.69 Å². The molecule has 30 heavy (non-hydrogen) atoms. The van der Waals surface area contributed by atoms with E-state index >= 15 is 0 Å². The van der Waals surface area contributed by atoms with Gasteiger partial charge in [0.25, 0.3) is 11.6 Å². The summed E-state index contributed by atoms with van der Waals surface area (Å²) in [5, 5.41) is 17.6. The van der Waals surface area contributed by atoms with Crippen LogP contribution in [-0.2, 0) is 22.4 Å². The van der Waals surface area contributed by atoms with Crippen LogP contribution in [0.3, 0.4) is 0 Å². The maximum Gasteiger partial charge on any atom is 0.359 e. The van der Waals surface area contributed by atoms with Crippen molar-refractivity contribution in [1.29, 1.82) is 0 Å². The highest BCUT2D eigenvalue weighted by atomic mass is 16.6. The largest absolute Gasteiger partial charge is 0.451 e. The molecular weight excluding hydrogens is 388 g/mol. The van der Waals surface area contributed by atoms with E-state index in [0.717, 1.165) is 36.2 Å². The number of nitro benzene ring substituents is 1. The van der Waals surface area contributed by atoms with Crippen LogP contribution in [0.15, 0.2) is 54.6 Å². The van der Waals surface area contributed by atoms with Crippen LogP contribution < -0.4 is 5.32 Å². The van der Waals surface area contributed by atoms with Crippen molar-refractivity contribution < 1.29 is 19.2 Å². The summed E-state index contributed by atoms with van der Waals surface area (Å²) in [7, 11) is 0. The zero-order valence-corrected chi connectivity index (χ0v) is 15.9. The first-order chi connectivity index (χ1) is 14.5. The van der Waals surface area contributed by atoms with E-state index in [1.54, 1.807) is 4.68 Å². The number of nitro groups is 1. The molecule has 0 aliphatic heterocycles. The van der Waals surface area contributed by atoms with Gasteiger partial charge in [-0.15, -0.1) is 0 Å². The van der Waals surface area contributed by atoms with Gasteiger partial charge < -0.3 is 10.1 Å². The molecule has 4 rings (SSSR count). The number of fused-ring (bicyclic) bond motifs is 1. The van der Waals surface area contributed by atoms with E-state index in [9.17, 15) is 19.7 Å². The fourth-order valence-corrected chi connectivity index (χ4v) is 3.45. The van der Waals surface area contributed by atoms with Crippen LogP contribution in [-0.4, -0.2) is 33.2 Å². The average molecular weight is 406 g/mol. The SMILES string of the molecule is O=C(COC(=O)c1nn(-c2ccccc2)c2c1CCC2)Nc1ccc([N+](=O)[O-])cc1. The van der Waals surface area contributed by atoms with Gasteiger partial charge in [-0.2, -0.15) is 5.10 Å². The quantitative estimate of drug-likeness (QED) is 0.382. The Labute approximate surface area is 171 Å². The highest BCUT2D eigenvalue weighted by Gasteiger charge is 2.28. The highest BCUT2D eigenvalue weighted by molar-refractivity contribution is 5.95. The summed E-state index contributed by atoms with van der Waals surface area (Å²) in [5.41, 5.74) is 3.24. The van der Waals surface area contributed by atoms with Crippen LogP contribution in [0, 0.1) is 10.1 Å². The number of nitrogens with zero attached hydrogens (tertiary/aromatic N) is 3. The molecular formula is C21H18N4O5. The van der Waals surface area contributed by atoms with Crippen molar-refractivity contribution in [1.82, 2.24) is 9.78 Å². The average Bonchev–Trinajstić information content (AvgIpc) is 3.36. The van der Waals surface area contributed by atoms with Crippen LogP contribution in [0.1, 0.15) is 28.2 Å². The van der Waals surface area contributed by atoms with Gasteiger partial charge in [-0.3, -0.25) is 14.9 Å². The zero-order chi connectivity index (χ0) is 21.1. The summed E-state index contributed by atoms with van der Waals surface area (Å²) in [6, 6.07) is 14.9. The lowest BCUT2D eigenvalue weighted by atomic mass is 10.2. The Bertz CT molecular complexity index is 1110. The molecule has 0 radical (unpaired) electrons. The number of benzene rings is 2. The Kier molecular flexibility index (Phi) is 5.25. The van der Waals surface area contributed by atoms with Gasteiger partial charge in [0.05, 0.1) is 10.6 Å². The molecule has 1 aliphatic carbocycles. The Morgan fingerprint density at radius 1 is 1.10 bits per heavy atom. The molecule has 1 heterocycles. The number of rotatable bonds is 6. The lowest BCUT2D eigenvalue weighted by Crippen LogP contribution is -2.21. The Balaban J connectivity index is 1.42. The summed E-state index contributed by atoms with van der Waals surface area (Å²) < 4.78 is 6.92. The first-order valence-electron chi connectivity index (χ1n) is 9.40. The molecule has 9 nitrogen and oxygen atoms in total. The number of carbonyl (C=O) groups is 2. The van der Waals surface area contributed by atoms with Gasteiger partial charge in [-0.05, 0) is 43.5 Å². The predicted molar refractivity (Wildman–Crippen MR) is 108 cm³/mol. The topological polar surface area (TPSA) is 116 Å². The van der Waals surface area contributed by atoms with Gasteiger partial charge in [0, 0.05) is 29.1 Å². The lowest BCUT2D eigenvalue weighted by Gasteiger charge is -2.06. The summed E-state index contributed by atoms with van der Waals surface area (Å²) in [5.74, 6) is -1.20. The van der Waals surface area contributed by atoms with Gasteiger partial charge in [0.2, 0.25) is 0 Å². The van der Waals surface area contributed by atoms with E-state index in [-0.39, 0.29) is 11.4 Å². The second-order valence-corrected chi connectivity index (χ2v) is 6.80. The van der Waals surface area contributed by atoms with E-state index in [1.165, 1.54) is 24.3 Å². The molecule has 0 fully saturated rings. The number of esters is 1. The molecule has 0 saturated carbocycles. The first kappa shape index (κ1) is 19.3. The lowest BCUT2D eigenvalue weighted by molar-refractivity contribution is -0.384. The third-order valence-electron chi connectivity index (χ3n) is 4.82. The molecule has 1 aromatic heterocycles. The van der Waals surface area contributed by atoms with Crippen molar-refractivity contribution >= 4 is 23.3 Å². The molecule has 0 atom stereocenters. The van der Waals surface area contributed by atoms with Gasteiger partial charge in [0.1, 0.15) is 0 Å². The highest BCUT2D eigenvalue weighted by Crippen LogP contribution is 2.28. The number of para-hydroxylation sites is 1. The van der Waals surface area contributed by atoms with Crippen molar-refractivity contribution in [2.75, 3.05) is 11.9 Å². The summed E-state index contributed by atoms with van der Waals surface area (Å²) in [6.45, 7) is -0.483. The molecule has 0 bridgehead atoms. The van der Waals surface area contributed by atoms with Crippen LogP contribution in [0.2, 0.25) is 0 Å². The minimum absolute atomic E-state index is 0.0812. The molecule has 152 valence electrons. The molecule has 0 spiro atoms. The van der Waals surface area contributed by atoms with Crippen LogP contribution in [0.5, 0.6) is 0 Å². The Morgan fingerprint density at radius 3 is 2.53 bits per heavy atom. The second-order valence-electron chi connectivity index (χ2n) is 6.80. The van der Waals surface area contributed by atoms with E-state index in [0.29, 0.717) is 5.69 Å². The third kappa shape index (κ3) is 3.90. The van der Waals surface area contributed by atoms with Crippen molar-refractivity contribution in [2.24, 2.45) is 0 Å². The molecule has 0 saturated heterocycles. The van der Waals surface area contributed by atoms with Crippen LogP contribution in [0.4, 0.5) is 11.4 Å². The Morgan fingerprint density at radius 2 is 1.83 bits per heavy atom. The van der Waals surface area contributed by atoms with Crippen molar-refractivity contribution in [3.63, 3.8) is 0 Å². The molecule has 1 N–H and O–H groups in total. The first-order valence-corrected chi connectivity index (χ1v) is 9.40. The number of aromatic nitrogens is 2. The van der Waals surface area contributed by atoms with Gasteiger partial charge >= 0.3 is 5.97 Å². The van der Waals surface area contributed by atoms with Crippen molar-refractivity contribution in [3.05, 3.63) is 81.7 Å².